The minimum Gasteiger partial charge on any atom is -0.480 e. The van der Waals surface area contributed by atoms with Gasteiger partial charge in [0.15, 0.2) is 0 Å². The van der Waals surface area contributed by atoms with Gasteiger partial charge in [0.25, 0.3) is 0 Å². The predicted molar refractivity (Wildman–Crippen MR) is 59.2 cm³/mol. The number of urea groups is 1. The largest absolute Gasteiger partial charge is 0.480 e. The van der Waals surface area contributed by atoms with E-state index in [0.29, 0.717) is 13.2 Å². The Bertz CT molecular complexity index is 344. The monoisotopic (exact) mass is 300 g/mol. The number of rotatable bonds is 5. The van der Waals surface area contributed by atoms with E-state index in [2.05, 4.69) is 5.32 Å². The van der Waals surface area contributed by atoms with Crippen molar-refractivity contribution in [2.24, 2.45) is 0 Å². The van der Waals surface area contributed by atoms with Crippen LogP contribution >= 0.6 is 0 Å². The number of carboxylic acids is 1. The molecule has 10 heteroatoms. The molecule has 0 saturated carbocycles. The van der Waals surface area contributed by atoms with Crippen molar-refractivity contribution in [1.29, 1.82) is 0 Å². The summed E-state index contributed by atoms with van der Waals surface area (Å²) in [5, 5.41) is 10.7. The quantitative estimate of drug-likeness (QED) is 0.749. The summed E-state index contributed by atoms with van der Waals surface area (Å²) in [5.41, 5.74) is 0. The zero-order chi connectivity index (χ0) is 15.2. The van der Waals surface area contributed by atoms with Crippen LogP contribution in [0.15, 0.2) is 0 Å². The van der Waals surface area contributed by atoms with Crippen LogP contribution in [-0.4, -0.2) is 73.7 Å². The van der Waals surface area contributed by atoms with Crippen LogP contribution < -0.4 is 5.32 Å². The zero-order valence-corrected chi connectivity index (χ0v) is 10.5. The first kappa shape index (κ1) is 16.5. The van der Waals surface area contributed by atoms with Gasteiger partial charge in [-0.3, -0.25) is 4.79 Å². The number of ether oxygens (including phenoxy) is 2. The smallest absolute Gasteiger partial charge is 0.406 e. The number of carbonyl (C=O) groups excluding carboxylic acids is 1. The SMILES string of the molecule is O=C(O)CN(CC(F)(F)F)C(=O)NCC1COCCO1. The van der Waals surface area contributed by atoms with E-state index in [9.17, 15) is 22.8 Å². The van der Waals surface area contributed by atoms with Crippen LogP contribution in [0.25, 0.3) is 0 Å². The van der Waals surface area contributed by atoms with E-state index < -0.39 is 37.4 Å². The number of nitrogens with one attached hydrogen (secondary N) is 1. The van der Waals surface area contributed by atoms with Crippen molar-refractivity contribution in [1.82, 2.24) is 10.2 Å². The van der Waals surface area contributed by atoms with Crippen molar-refractivity contribution in [2.75, 3.05) is 39.5 Å². The summed E-state index contributed by atoms with van der Waals surface area (Å²) >= 11 is 0. The highest BCUT2D eigenvalue weighted by atomic mass is 19.4. The van der Waals surface area contributed by atoms with Gasteiger partial charge in [0, 0.05) is 6.54 Å². The van der Waals surface area contributed by atoms with Crippen molar-refractivity contribution in [3.8, 4) is 0 Å². The highest BCUT2D eigenvalue weighted by Crippen LogP contribution is 2.16. The number of aliphatic carboxylic acids is 1. The van der Waals surface area contributed by atoms with E-state index >= 15 is 0 Å². The first-order valence-electron chi connectivity index (χ1n) is 5.78. The lowest BCUT2D eigenvalue weighted by Gasteiger charge is -2.26. The molecule has 0 spiro atoms. The molecule has 2 N–H and O–H groups in total. The third-order valence-corrected chi connectivity index (χ3v) is 2.35. The standard InChI is InChI=1S/C10H15F3N2O5/c11-10(12,13)6-15(4-8(16)17)9(18)14-3-7-5-19-1-2-20-7/h7H,1-6H2,(H,14,18)(H,16,17). The lowest BCUT2D eigenvalue weighted by atomic mass is 10.3. The average Bonchev–Trinajstić information content (AvgIpc) is 2.34. The Hall–Kier alpha value is -1.55. The molecule has 1 fully saturated rings. The van der Waals surface area contributed by atoms with Crippen LogP contribution in [0.2, 0.25) is 0 Å². The maximum atomic E-state index is 12.3. The second kappa shape index (κ2) is 7.29. The van der Waals surface area contributed by atoms with Crippen LogP contribution in [0.5, 0.6) is 0 Å². The highest BCUT2D eigenvalue weighted by Gasteiger charge is 2.34. The minimum absolute atomic E-state index is 0.0488. The van der Waals surface area contributed by atoms with Gasteiger partial charge in [-0.25, -0.2) is 4.79 Å². The van der Waals surface area contributed by atoms with Crippen LogP contribution in [0.1, 0.15) is 0 Å². The fraction of sp³-hybridized carbons (Fsp3) is 0.800. The molecule has 0 aromatic heterocycles. The van der Waals surface area contributed by atoms with Gasteiger partial charge in [-0.1, -0.05) is 0 Å². The van der Waals surface area contributed by atoms with E-state index in [1.54, 1.807) is 0 Å². The Morgan fingerprint density at radius 2 is 2.05 bits per heavy atom. The molecule has 1 unspecified atom stereocenters. The number of halogens is 3. The van der Waals surface area contributed by atoms with Gasteiger partial charge < -0.3 is 24.8 Å². The van der Waals surface area contributed by atoms with Gasteiger partial charge in [0.05, 0.1) is 25.9 Å². The van der Waals surface area contributed by atoms with Gasteiger partial charge in [-0.15, -0.1) is 0 Å². The fourth-order valence-electron chi connectivity index (χ4n) is 1.55. The van der Waals surface area contributed by atoms with Gasteiger partial charge in [0.1, 0.15) is 13.1 Å². The lowest BCUT2D eigenvalue weighted by molar-refractivity contribution is -0.149. The molecule has 1 aliphatic heterocycles. The summed E-state index contributed by atoms with van der Waals surface area (Å²) in [7, 11) is 0. The molecular weight excluding hydrogens is 285 g/mol. The molecule has 1 heterocycles. The average molecular weight is 300 g/mol. The minimum atomic E-state index is -4.67. The molecule has 0 radical (unpaired) electrons. The van der Waals surface area contributed by atoms with Gasteiger partial charge in [-0.05, 0) is 0 Å². The summed E-state index contributed by atoms with van der Waals surface area (Å²) in [4.78, 5) is 22.2. The zero-order valence-electron chi connectivity index (χ0n) is 10.5. The van der Waals surface area contributed by atoms with E-state index in [1.165, 1.54) is 0 Å². The molecule has 1 aliphatic rings. The lowest BCUT2D eigenvalue weighted by Crippen LogP contribution is -2.49. The number of hydrogen-bond acceptors (Lipinski definition) is 4. The Morgan fingerprint density at radius 1 is 1.35 bits per heavy atom. The first-order chi connectivity index (χ1) is 9.28. The number of nitrogens with zero attached hydrogens (tertiary/aromatic N) is 1. The van der Waals surface area contributed by atoms with Crippen LogP contribution in [0.3, 0.4) is 0 Å². The Balaban J connectivity index is 2.47. The molecule has 1 rings (SSSR count). The summed E-state index contributed by atoms with van der Waals surface area (Å²) in [6.07, 6.45) is -5.12. The Morgan fingerprint density at radius 3 is 2.55 bits per heavy atom. The molecule has 1 saturated heterocycles. The maximum Gasteiger partial charge on any atom is 0.406 e. The molecule has 0 aromatic carbocycles. The second-order valence-corrected chi connectivity index (χ2v) is 4.12. The molecule has 1 atom stereocenters. The Kier molecular flexibility index (Phi) is 6.02. The van der Waals surface area contributed by atoms with E-state index in [4.69, 9.17) is 14.6 Å². The van der Waals surface area contributed by atoms with Crippen molar-refractivity contribution in [2.45, 2.75) is 12.3 Å². The normalized spacial score (nSPS) is 19.4. The molecule has 0 aromatic rings. The van der Waals surface area contributed by atoms with Crippen molar-refractivity contribution >= 4 is 12.0 Å². The van der Waals surface area contributed by atoms with E-state index in [0.717, 1.165) is 0 Å². The molecular formula is C10H15F3N2O5. The first-order valence-corrected chi connectivity index (χ1v) is 5.78. The van der Waals surface area contributed by atoms with Crippen LogP contribution in [0.4, 0.5) is 18.0 Å². The molecule has 0 bridgehead atoms. The van der Waals surface area contributed by atoms with E-state index in [1.807, 2.05) is 0 Å². The maximum absolute atomic E-state index is 12.3. The number of alkyl halides is 3. The van der Waals surface area contributed by atoms with Crippen molar-refractivity contribution in [3.05, 3.63) is 0 Å². The molecule has 0 aliphatic carbocycles. The highest BCUT2D eigenvalue weighted by molar-refractivity contribution is 5.80. The fourth-order valence-corrected chi connectivity index (χ4v) is 1.55. The second-order valence-electron chi connectivity index (χ2n) is 4.12. The number of carbonyl (C=O) groups is 2. The molecule has 116 valence electrons. The van der Waals surface area contributed by atoms with Gasteiger partial charge in [-0.2, -0.15) is 13.2 Å². The number of amides is 2. The van der Waals surface area contributed by atoms with Crippen LogP contribution in [0, 0.1) is 0 Å². The third kappa shape index (κ3) is 6.57. The molecule has 7 nitrogen and oxygen atoms in total. The third-order valence-electron chi connectivity index (χ3n) is 2.35. The predicted octanol–water partition coefficient (Wildman–Crippen LogP) is 0.0603. The summed E-state index contributed by atoms with van der Waals surface area (Å²) in [6, 6.07) is -1.11. The summed E-state index contributed by atoms with van der Waals surface area (Å²) in [6.45, 7) is -1.74. The molecule has 2 amide bonds. The van der Waals surface area contributed by atoms with Crippen molar-refractivity contribution in [3.63, 3.8) is 0 Å². The van der Waals surface area contributed by atoms with Gasteiger partial charge in [0.2, 0.25) is 0 Å². The van der Waals surface area contributed by atoms with Crippen molar-refractivity contribution < 1.29 is 37.3 Å². The molecule has 20 heavy (non-hydrogen) atoms. The number of hydrogen-bond donors (Lipinski definition) is 2. The number of carboxylic acid groups (broad SMARTS) is 1. The van der Waals surface area contributed by atoms with Gasteiger partial charge >= 0.3 is 18.2 Å². The van der Waals surface area contributed by atoms with E-state index in [-0.39, 0.29) is 18.1 Å². The summed E-state index contributed by atoms with van der Waals surface area (Å²) < 4.78 is 47.0. The topological polar surface area (TPSA) is 88.1 Å². The van der Waals surface area contributed by atoms with Crippen LogP contribution in [-0.2, 0) is 14.3 Å². The summed E-state index contributed by atoms with van der Waals surface area (Å²) in [5.74, 6) is -1.53. The Labute approximate surface area is 112 Å².